The molecule has 22 heavy (non-hydrogen) atoms. The van der Waals surface area contributed by atoms with Crippen LogP contribution in [0.3, 0.4) is 0 Å². The van der Waals surface area contributed by atoms with Gasteiger partial charge in [0.2, 0.25) is 0 Å². The van der Waals surface area contributed by atoms with Gasteiger partial charge in [0.15, 0.2) is 0 Å². The Balaban J connectivity index is 1.70. The van der Waals surface area contributed by atoms with Gasteiger partial charge in [-0.1, -0.05) is 6.92 Å². The van der Waals surface area contributed by atoms with Crippen LogP contribution < -0.4 is 10.6 Å². The molecule has 0 bridgehead atoms. The molecule has 5 nitrogen and oxygen atoms in total. The van der Waals surface area contributed by atoms with Crippen molar-refractivity contribution in [2.45, 2.75) is 83.5 Å². The van der Waals surface area contributed by atoms with Gasteiger partial charge in [0.1, 0.15) is 5.60 Å². The fraction of sp³-hybridized carbons (Fsp3) is 0.941. The summed E-state index contributed by atoms with van der Waals surface area (Å²) in [5, 5.41) is 6.81. The van der Waals surface area contributed by atoms with Crippen molar-refractivity contribution in [3.63, 3.8) is 0 Å². The van der Waals surface area contributed by atoms with E-state index in [0.717, 1.165) is 32.4 Å². The van der Waals surface area contributed by atoms with Gasteiger partial charge in [0, 0.05) is 24.7 Å². The Kier molecular flexibility index (Phi) is 6.09. The van der Waals surface area contributed by atoms with Crippen LogP contribution in [0.15, 0.2) is 0 Å². The standard InChI is InChI=1S/C17H33N3O2/c1-5-20-10-6-7-15(12-20)18-13-8-9-14(11-13)19-16(21)22-17(2,3)4/h13-15,18H,5-12H2,1-4H3,(H,19,21). The van der Waals surface area contributed by atoms with Gasteiger partial charge in [-0.3, -0.25) is 0 Å². The molecule has 0 spiro atoms. The monoisotopic (exact) mass is 311 g/mol. The smallest absolute Gasteiger partial charge is 0.407 e. The number of hydrogen-bond donors (Lipinski definition) is 2. The molecule has 1 amide bonds. The molecule has 1 heterocycles. The molecular weight excluding hydrogens is 278 g/mol. The normalized spacial score (nSPS) is 30.3. The van der Waals surface area contributed by atoms with E-state index in [1.165, 1.54) is 19.4 Å². The summed E-state index contributed by atoms with van der Waals surface area (Å²) in [6, 6.07) is 1.39. The molecule has 5 heteroatoms. The summed E-state index contributed by atoms with van der Waals surface area (Å²) in [4.78, 5) is 14.4. The van der Waals surface area contributed by atoms with Gasteiger partial charge in [-0.25, -0.2) is 4.79 Å². The topological polar surface area (TPSA) is 53.6 Å². The summed E-state index contributed by atoms with van der Waals surface area (Å²) in [6.45, 7) is 11.5. The zero-order valence-electron chi connectivity index (χ0n) is 14.7. The molecule has 3 atom stereocenters. The number of alkyl carbamates (subject to hydrolysis) is 1. The van der Waals surface area contributed by atoms with E-state index in [2.05, 4.69) is 22.5 Å². The largest absolute Gasteiger partial charge is 0.444 e. The Morgan fingerprint density at radius 3 is 2.59 bits per heavy atom. The number of ether oxygens (including phenoxy) is 1. The summed E-state index contributed by atoms with van der Waals surface area (Å²) < 4.78 is 5.34. The molecule has 1 aliphatic heterocycles. The first-order chi connectivity index (χ1) is 10.4. The summed E-state index contributed by atoms with van der Waals surface area (Å²) in [5.41, 5.74) is -0.425. The van der Waals surface area contributed by atoms with Gasteiger partial charge in [-0.05, 0) is 66.0 Å². The number of piperidine rings is 1. The minimum Gasteiger partial charge on any atom is -0.444 e. The summed E-state index contributed by atoms with van der Waals surface area (Å²) >= 11 is 0. The average Bonchev–Trinajstić information content (AvgIpc) is 2.83. The fourth-order valence-corrected chi connectivity index (χ4v) is 3.55. The molecule has 0 aromatic carbocycles. The van der Waals surface area contributed by atoms with Crippen molar-refractivity contribution in [2.75, 3.05) is 19.6 Å². The molecule has 2 fully saturated rings. The van der Waals surface area contributed by atoms with Gasteiger partial charge in [-0.2, -0.15) is 0 Å². The lowest BCUT2D eigenvalue weighted by Gasteiger charge is -2.34. The van der Waals surface area contributed by atoms with Crippen molar-refractivity contribution < 1.29 is 9.53 Å². The third kappa shape index (κ3) is 5.76. The zero-order chi connectivity index (χ0) is 16.2. The number of hydrogen-bond acceptors (Lipinski definition) is 4. The van der Waals surface area contributed by atoms with Crippen molar-refractivity contribution in [3.05, 3.63) is 0 Å². The lowest BCUT2D eigenvalue weighted by molar-refractivity contribution is 0.0505. The third-order valence-electron chi connectivity index (χ3n) is 4.58. The van der Waals surface area contributed by atoms with Crippen LogP contribution in [-0.2, 0) is 4.74 Å². The van der Waals surface area contributed by atoms with E-state index in [1.807, 2.05) is 20.8 Å². The number of nitrogens with zero attached hydrogens (tertiary/aromatic N) is 1. The van der Waals surface area contributed by atoms with Gasteiger partial charge in [0.05, 0.1) is 0 Å². The van der Waals surface area contributed by atoms with Crippen LogP contribution in [0.25, 0.3) is 0 Å². The van der Waals surface area contributed by atoms with Crippen LogP contribution in [0.2, 0.25) is 0 Å². The highest BCUT2D eigenvalue weighted by molar-refractivity contribution is 5.68. The Morgan fingerprint density at radius 2 is 1.91 bits per heavy atom. The van der Waals surface area contributed by atoms with Crippen molar-refractivity contribution in [1.82, 2.24) is 15.5 Å². The lowest BCUT2D eigenvalue weighted by Crippen LogP contribution is -2.48. The van der Waals surface area contributed by atoms with Crippen LogP contribution in [0.4, 0.5) is 4.79 Å². The molecule has 0 aromatic heterocycles. The predicted octanol–water partition coefficient (Wildman–Crippen LogP) is 2.51. The van der Waals surface area contributed by atoms with Crippen LogP contribution in [0, 0.1) is 0 Å². The number of amides is 1. The van der Waals surface area contributed by atoms with Crippen molar-refractivity contribution in [2.24, 2.45) is 0 Å². The number of likely N-dealkylation sites (N-methyl/N-ethyl adjacent to an activating group) is 1. The summed E-state index contributed by atoms with van der Waals surface area (Å²) in [5.74, 6) is 0. The van der Waals surface area contributed by atoms with E-state index in [1.54, 1.807) is 0 Å². The predicted molar refractivity (Wildman–Crippen MR) is 89.1 cm³/mol. The molecule has 0 aromatic rings. The second-order valence-electron chi connectivity index (χ2n) is 7.75. The third-order valence-corrected chi connectivity index (χ3v) is 4.58. The maximum atomic E-state index is 11.8. The maximum absolute atomic E-state index is 11.8. The SMILES string of the molecule is CCN1CCCC(NC2CCC(NC(=O)OC(C)(C)C)C2)C1. The first-order valence-electron chi connectivity index (χ1n) is 8.83. The molecule has 1 aliphatic carbocycles. The van der Waals surface area contributed by atoms with E-state index in [4.69, 9.17) is 4.74 Å². The van der Waals surface area contributed by atoms with E-state index < -0.39 is 5.60 Å². The van der Waals surface area contributed by atoms with E-state index in [0.29, 0.717) is 12.1 Å². The van der Waals surface area contributed by atoms with Crippen molar-refractivity contribution in [1.29, 1.82) is 0 Å². The van der Waals surface area contributed by atoms with Crippen molar-refractivity contribution >= 4 is 6.09 Å². The average molecular weight is 311 g/mol. The van der Waals surface area contributed by atoms with E-state index >= 15 is 0 Å². The zero-order valence-corrected chi connectivity index (χ0v) is 14.7. The van der Waals surface area contributed by atoms with E-state index in [9.17, 15) is 4.79 Å². The summed E-state index contributed by atoms with van der Waals surface area (Å²) in [7, 11) is 0. The highest BCUT2D eigenvalue weighted by Crippen LogP contribution is 2.22. The quantitative estimate of drug-likeness (QED) is 0.837. The lowest BCUT2D eigenvalue weighted by atomic mass is 10.0. The summed E-state index contributed by atoms with van der Waals surface area (Å²) in [6.07, 6.45) is 5.48. The maximum Gasteiger partial charge on any atom is 0.407 e. The number of rotatable bonds is 4. The molecule has 3 unspecified atom stereocenters. The number of carbonyl (C=O) groups excluding carboxylic acids is 1. The van der Waals surface area contributed by atoms with Crippen LogP contribution in [-0.4, -0.2) is 54.4 Å². The highest BCUT2D eigenvalue weighted by atomic mass is 16.6. The van der Waals surface area contributed by atoms with Crippen molar-refractivity contribution in [3.8, 4) is 0 Å². The molecular formula is C17H33N3O2. The molecule has 128 valence electrons. The van der Waals surface area contributed by atoms with Gasteiger partial charge >= 0.3 is 6.09 Å². The van der Waals surface area contributed by atoms with Crippen LogP contribution in [0.5, 0.6) is 0 Å². The molecule has 2 N–H and O–H groups in total. The van der Waals surface area contributed by atoms with Gasteiger partial charge < -0.3 is 20.3 Å². The van der Waals surface area contributed by atoms with Gasteiger partial charge in [0.25, 0.3) is 0 Å². The molecule has 2 aliphatic rings. The fourth-order valence-electron chi connectivity index (χ4n) is 3.55. The van der Waals surface area contributed by atoms with Gasteiger partial charge in [-0.15, -0.1) is 0 Å². The second-order valence-corrected chi connectivity index (χ2v) is 7.75. The number of nitrogens with one attached hydrogen (secondary N) is 2. The molecule has 2 rings (SSSR count). The van der Waals surface area contributed by atoms with Crippen LogP contribution >= 0.6 is 0 Å². The molecule has 1 saturated heterocycles. The minimum absolute atomic E-state index is 0.248. The van der Waals surface area contributed by atoms with Crippen LogP contribution in [0.1, 0.15) is 59.8 Å². The Hall–Kier alpha value is -0.810. The number of likely N-dealkylation sites (tertiary alicyclic amines) is 1. The Morgan fingerprint density at radius 1 is 1.18 bits per heavy atom. The minimum atomic E-state index is -0.425. The van der Waals surface area contributed by atoms with E-state index in [-0.39, 0.29) is 12.1 Å². The second kappa shape index (κ2) is 7.64. The first-order valence-corrected chi connectivity index (χ1v) is 8.83. The highest BCUT2D eigenvalue weighted by Gasteiger charge is 2.30. The first kappa shape index (κ1) is 17.5. The molecule has 0 radical (unpaired) electrons. The molecule has 1 saturated carbocycles. The Bertz CT molecular complexity index is 367. The number of carbonyl (C=O) groups is 1. The Labute approximate surface area is 135 Å².